The SMILES string of the molecule is CCc1nnc(C)cc1C(O)CCCOC. The van der Waals surface area contributed by atoms with Crippen LogP contribution in [0.15, 0.2) is 6.07 Å². The van der Waals surface area contributed by atoms with Crippen LogP contribution < -0.4 is 0 Å². The Morgan fingerprint density at radius 1 is 1.44 bits per heavy atom. The molecule has 1 unspecified atom stereocenters. The van der Waals surface area contributed by atoms with Gasteiger partial charge in [-0.15, -0.1) is 0 Å². The number of aromatic nitrogens is 2. The fraction of sp³-hybridized carbons (Fsp3) is 0.667. The monoisotopic (exact) mass is 224 g/mol. The normalized spacial score (nSPS) is 12.8. The predicted molar refractivity (Wildman–Crippen MR) is 62.2 cm³/mol. The summed E-state index contributed by atoms with van der Waals surface area (Å²) >= 11 is 0. The van der Waals surface area contributed by atoms with E-state index in [1.54, 1.807) is 7.11 Å². The maximum absolute atomic E-state index is 10.1. The minimum Gasteiger partial charge on any atom is -0.388 e. The molecule has 0 aliphatic rings. The van der Waals surface area contributed by atoms with Crippen molar-refractivity contribution in [1.29, 1.82) is 0 Å². The van der Waals surface area contributed by atoms with Crippen molar-refractivity contribution in [2.45, 2.75) is 39.2 Å². The van der Waals surface area contributed by atoms with Crippen LogP contribution in [0.25, 0.3) is 0 Å². The van der Waals surface area contributed by atoms with Crippen molar-refractivity contribution < 1.29 is 9.84 Å². The molecule has 90 valence electrons. The molecule has 0 radical (unpaired) electrons. The lowest BCUT2D eigenvalue weighted by Gasteiger charge is -2.13. The molecule has 0 aliphatic heterocycles. The molecule has 0 aliphatic carbocycles. The highest BCUT2D eigenvalue weighted by Crippen LogP contribution is 2.21. The number of rotatable bonds is 6. The first-order valence-electron chi connectivity index (χ1n) is 5.69. The highest BCUT2D eigenvalue weighted by Gasteiger charge is 2.13. The molecule has 0 amide bonds. The topological polar surface area (TPSA) is 55.2 Å². The summed E-state index contributed by atoms with van der Waals surface area (Å²) in [6.07, 6.45) is 1.89. The molecule has 0 saturated heterocycles. The number of aryl methyl sites for hydroxylation is 2. The molecule has 1 aromatic heterocycles. The molecular weight excluding hydrogens is 204 g/mol. The number of aliphatic hydroxyl groups excluding tert-OH is 1. The van der Waals surface area contributed by atoms with Crippen LogP contribution in [0.2, 0.25) is 0 Å². The second-order valence-electron chi connectivity index (χ2n) is 3.89. The van der Waals surface area contributed by atoms with E-state index in [-0.39, 0.29) is 0 Å². The average Bonchev–Trinajstić information content (AvgIpc) is 2.29. The van der Waals surface area contributed by atoms with Crippen molar-refractivity contribution in [2.75, 3.05) is 13.7 Å². The number of nitrogens with zero attached hydrogens (tertiary/aromatic N) is 2. The van der Waals surface area contributed by atoms with E-state index in [2.05, 4.69) is 10.2 Å². The molecule has 0 fully saturated rings. The predicted octanol–water partition coefficient (Wildman–Crippen LogP) is 1.81. The van der Waals surface area contributed by atoms with Gasteiger partial charge in [-0.25, -0.2) is 0 Å². The van der Waals surface area contributed by atoms with E-state index in [0.717, 1.165) is 29.8 Å². The van der Waals surface area contributed by atoms with Crippen LogP contribution in [0.3, 0.4) is 0 Å². The Hall–Kier alpha value is -1.00. The Morgan fingerprint density at radius 3 is 2.81 bits per heavy atom. The van der Waals surface area contributed by atoms with Gasteiger partial charge in [0.25, 0.3) is 0 Å². The van der Waals surface area contributed by atoms with Crippen LogP contribution in [0.5, 0.6) is 0 Å². The molecule has 0 aromatic carbocycles. The minimum absolute atomic E-state index is 0.459. The van der Waals surface area contributed by atoms with E-state index in [4.69, 9.17) is 4.74 Å². The zero-order valence-corrected chi connectivity index (χ0v) is 10.2. The molecular formula is C12H20N2O2. The van der Waals surface area contributed by atoms with Gasteiger partial charge < -0.3 is 9.84 Å². The van der Waals surface area contributed by atoms with E-state index in [1.807, 2.05) is 19.9 Å². The lowest BCUT2D eigenvalue weighted by Crippen LogP contribution is -2.07. The Balaban J connectivity index is 2.72. The van der Waals surface area contributed by atoms with Crippen molar-refractivity contribution in [2.24, 2.45) is 0 Å². The summed E-state index contributed by atoms with van der Waals surface area (Å²) in [5.41, 5.74) is 2.64. The largest absolute Gasteiger partial charge is 0.388 e. The second kappa shape index (κ2) is 6.55. The summed E-state index contributed by atoms with van der Waals surface area (Å²) < 4.78 is 4.97. The molecule has 0 bridgehead atoms. The first kappa shape index (κ1) is 13.1. The summed E-state index contributed by atoms with van der Waals surface area (Å²) in [7, 11) is 1.67. The van der Waals surface area contributed by atoms with Gasteiger partial charge in [0, 0.05) is 19.3 Å². The van der Waals surface area contributed by atoms with Gasteiger partial charge in [-0.3, -0.25) is 0 Å². The van der Waals surface area contributed by atoms with E-state index < -0.39 is 6.10 Å². The lowest BCUT2D eigenvalue weighted by atomic mass is 10.0. The quantitative estimate of drug-likeness (QED) is 0.749. The fourth-order valence-corrected chi connectivity index (χ4v) is 1.67. The van der Waals surface area contributed by atoms with E-state index in [0.29, 0.717) is 13.0 Å². The standard InChI is InChI=1S/C12H20N2O2/c1-4-11-10(8-9(2)13-14-11)12(15)6-5-7-16-3/h8,12,15H,4-7H2,1-3H3. The Kier molecular flexibility index (Phi) is 5.35. The van der Waals surface area contributed by atoms with Gasteiger partial charge in [-0.2, -0.15) is 10.2 Å². The zero-order valence-electron chi connectivity index (χ0n) is 10.2. The van der Waals surface area contributed by atoms with Crippen LogP contribution in [0, 0.1) is 6.92 Å². The molecule has 4 heteroatoms. The summed E-state index contributed by atoms with van der Waals surface area (Å²) in [6.45, 7) is 4.58. The smallest absolute Gasteiger partial charge is 0.0809 e. The maximum atomic E-state index is 10.1. The molecule has 1 rings (SSSR count). The molecule has 1 heterocycles. The zero-order chi connectivity index (χ0) is 12.0. The van der Waals surface area contributed by atoms with Crippen LogP contribution in [0.1, 0.15) is 42.8 Å². The van der Waals surface area contributed by atoms with Crippen molar-refractivity contribution in [1.82, 2.24) is 10.2 Å². The highest BCUT2D eigenvalue weighted by molar-refractivity contribution is 5.23. The van der Waals surface area contributed by atoms with E-state index in [9.17, 15) is 5.11 Å². The summed E-state index contributed by atoms with van der Waals surface area (Å²) in [4.78, 5) is 0. The molecule has 1 aromatic rings. The number of hydrogen-bond acceptors (Lipinski definition) is 4. The van der Waals surface area contributed by atoms with Gasteiger partial charge in [0.1, 0.15) is 0 Å². The fourth-order valence-electron chi connectivity index (χ4n) is 1.67. The number of methoxy groups -OCH3 is 1. The highest BCUT2D eigenvalue weighted by atomic mass is 16.5. The van der Waals surface area contributed by atoms with Crippen molar-refractivity contribution in [3.05, 3.63) is 23.0 Å². The molecule has 0 saturated carbocycles. The minimum atomic E-state index is -0.459. The van der Waals surface area contributed by atoms with Crippen LogP contribution >= 0.6 is 0 Å². The van der Waals surface area contributed by atoms with Gasteiger partial charge >= 0.3 is 0 Å². The van der Waals surface area contributed by atoms with Gasteiger partial charge in [0.05, 0.1) is 17.5 Å². The van der Waals surface area contributed by atoms with E-state index >= 15 is 0 Å². The lowest BCUT2D eigenvalue weighted by molar-refractivity contribution is 0.135. The third-order valence-corrected chi connectivity index (χ3v) is 2.55. The van der Waals surface area contributed by atoms with Crippen molar-refractivity contribution in [3.8, 4) is 0 Å². The van der Waals surface area contributed by atoms with Crippen LogP contribution in [0.4, 0.5) is 0 Å². The Bertz CT molecular complexity index is 329. The third kappa shape index (κ3) is 3.54. The molecule has 1 N–H and O–H groups in total. The van der Waals surface area contributed by atoms with Crippen LogP contribution in [-0.2, 0) is 11.2 Å². The van der Waals surface area contributed by atoms with Crippen molar-refractivity contribution >= 4 is 0 Å². The average molecular weight is 224 g/mol. The number of hydrogen-bond donors (Lipinski definition) is 1. The maximum Gasteiger partial charge on any atom is 0.0809 e. The first-order valence-corrected chi connectivity index (χ1v) is 5.69. The summed E-state index contributed by atoms with van der Waals surface area (Å²) in [5.74, 6) is 0. The van der Waals surface area contributed by atoms with Crippen LogP contribution in [-0.4, -0.2) is 29.0 Å². The molecule has 1 atom stereocenters. The third-order valence-electron chi connectivity index (χ3n) is 2.55. The second-order valence-corrected chi connectivity index (χ2v) is 3.89. The van der Waals surface area contributed by atoms with Gasteiger partial charge in [0.2, 0.25) is 0 Å². The Morgan fingerprint density at radius 2 is 2.19 bits per heavy atom. The Labute approximate surface area is 96.7 Å². The number of aliphatic hydroxyl groups is 1. The van der Waals surface area contributed by atoms with E-state index in [1.165, 1.54) is 0 Å². The summed E-state index contributed by atoms with van der Waals surface area (Å²) in [6, 6.07) is 1.92. The van der Waals surface area contributed by atoms with Gasteiger partial charge in [-0.1, -0.05) is 6.92 Å². The molecule has 4 nitrogen and oxygen atoms in total. The van der Waals surface area contributed by atoms with Gasteiger partial charge in [-0.05, 0) is 32.3 Å². The molecule has 0 spiro atoms. The first-order chi connectivity index (χ1) is 7.69. The van der Waals surface area contributed by atoms with Crippen molar-refractivity contribution in [3.63, 3.8) is 0 Å². The molecule has 16 heavy (non-hydrogen) atoms. The summed E-state index contributed by atoms with van der Waals surface area (Å²) in [5, 5.41) is 18.2. The van der Waals surface area contributed by atoms with Gasteiger partial charge in [0.15, 0.2) is 0 Å². The number of ether oxygens (including phenoxy) is 1.